The fourth-order valence-electron chi connectivity index (χ4n) is 8.97. The molecule has 0 aliphatic carbocycles. The number of ether oxygens (including phenoxy) is 2. The second kappa shape index (κ2) is 36.7. The van der Waals surface area contributed by atoms with Crippen molar-refractivity contribution in [2.75, 3.05) is 79.7 Å². The Hall–Kier alpha value is -9.76. The van der Waals surface area contributed by atoms with Crippen LogP contribution in [0.1, 0.15) is 92.6 Å². The molecule has 0 saturated carbocycles. The lowest BCUT2D eigenvalue weighted by molar-refractivity contribution is -0.139. The number of nitrogens with one attached hydrogen (secondary N) is 6. The van der Waals surface area contributed by atoms with Crippen LogP contribution in [0.15, 0.2) is 158 Å². The van der Waals surface area contributed by atoms with Gasteiger partial charge in [0.25, 0.3) is 11.8 Å². The summed E-state index contributed by atoms with van der Waals surface area (Å²) in [6, 6.07) is 48.1. The fourth-order valence-corrected chi connectivity index (χ4v) is 8.97. The van der Waals surface area contributed by atoms with Crippen molar-refractivity contribution < 1.29 is 47.8 Å². The Morgan fingerprint density at radius 3 is 1.20 bits per heavy atom. The third kappa shape index (κ3) is 24.6. The largest absolute Gasteiger partial charge is 0.497 e. The van der Waals surface area contributed by atoms with Gasteiger partial charge in [0.2, 0.25) is 35.4 Å². The number of methoxy groups -OCH3 is 2. The van der Waals surface area contributed by atoms with Crippen LogP contribution in [-0.4, -0.2) is 137 Å². The van der Waals surface area contributed by atoms with E-state index < -0.39 is 11.8 Å². The molecule has 18 heteroatoms. The molecule has 0 aliphatic heterocycles. The maximum Gasteiger partial charge on any atom is 0.251 e. The number of benzene rings is 6. The zero-order chi connectivity index (χ0) is 61.1. The molecule has 6 rings (SSSR count). The van der Waals surface area contributed by atoms with Gasteiger partial charge in [-0.05, 0) is 134 Å². The fraction of sp³-hybridized carbons (Fsp3) is 0.324. The molecule has 18 nitrogen and oxygen atoms in total. The first-order valence-corrected chi connectivity index (χ1v) is 29.1. The number of carbonyl (C=O) groups is 8. The maximum atomic E-state index is 13.5. The highest BCUT2D eigenvalue weighted by Gasteiger charge is 2.22. The van der Waals surface area contributed by atoms with Crippen LogP contribution in [0.2, 0.25) is 0 Å². The van der Waals surface area contributed by atoms with E-state index in [4.69, 9.17) is 9.47 Å². The molecule has 0 aromatic heterocycles. The Morgan fingerprint density at radius 2 is 0.756 bits per heavy atom. The van der Waals surface area contributed by atoms with E-state index in [-0.39, 0.29) is 87.4 Å². The Bertz CT molecular complexity index is 3200. The van der Waals surface area contributed by atoms with Gasteiger partial charge < -0.3 is 51.2 Å². The number of hydrogen-bond donors (Lipinski definition) is 6. The number of rotatable bonds is 34. The molecule has 0 spiro atoms. The van der Waals surface area contributed by atoms with Crippen LogP contribution in [-0.2, 0) is 54.5 Å². The molecule has 0 radical (unpaired) electrons. The molecule has 86 heavy (non-hydrogen) atoms. The minimum atomic E-state index is -0.399. The first-order valence-electron chi connectivity index (χ1n) is 29.1. The molecule has 6 aromatic carbocycles. The number of carbonyl (C=O) groups excluding carboxylic acids is 8. The van der Waals surface area contributed by atoms with Gasteiger partial charge in [0.1, 0.15) is 37.7 Å². The summed E-state index contributed by atoms with van der Waals surface area (Å²) in [5.74, 6) is 4.79. The predicted octanol–water partition coefficient (Wildman–Crippen LogP) is 6.00. The Labute approximate surface area is 504 Å². The zero-order valence-corrected chi connectivity index (χ0v) is 49.1. The minimum Gasteiger partial charge on any atom is -0.497 e. The van der Waals surface area contributed by atoms with Gasteiger partial charge in [0.15, 0.2) is 0 Å². The van der Waals surface area contributed by atoms with Crippen molar-refractivity contribution in [3.8, 4) is 23.3 Å². The summed E-state index contributed by atoms with van der Waals surface area (Å²) in [5, 5.41) is 17.2. The first kappa shape index (κ1) is 65.4. The normalized spacial score (nSPS) is 10.5. The van der Waals surface area contributed by atoms with Crippen molar-refractivity contribution in [2.24, 2.45) is 0 Å². The summed E-state index contributed by atoms with van der Waals surface area (Å²) >= 11 is 0. The summed E-state index contributed by atoms with van der Waals surface area (Å²) in [5.41, 5.74) is 6.20. The predicted molar refractivity (Wildman–Crippen MR) is 330 cm³/mol. The molecule has 0 atom stereocenters. The van der Waals surface area contributed by atoms with Gasteiger partial charge >= 0.3 is 0 Å². The molecule has 0 aliphatic rings. The average Bonchev–Trinajstić information content (AvgIpc) is 3.60. The van der Waals surface area contributed by atoms with Crippen molar-refractivity contribution in [3.05, 3.63) is 202 Å². The Balaban J connectivity index is 0.899. The van der Waals surface area contributed by atoms with E-state index in [1.54, 1.807) is 62.8 Å². The van der Waals surface area contributed by atoms with E-state index in [2.05, 4.69) is 43.7 Å². The average molecular weight is 1170 g/mol. The van der Waals surface area contributed by atoms with Crippen LogP contribution in [0.25, 0.3) is 0 Å². The lowest BCUT2D eigenvalue weighted by Gasteiger charge is -2.22. The standard InChI is InChI=1S/C68H78N8O10/c1-85-59-32-26-54(27-33-59)38-44-71-62(78)48-75(47-61(77)69-42-36-51-14-6-3-7-15-51)65(81)20-10-5-11-40-73-67(83)57-30-24-53(25-31-57)22-23-56-18-12-19-58(46-56)68(84)74-41-13-21-66(82)76(49-63(79)70-43-37-52-16-8-4-9-17-52)50-64(80)72-45-39-55-28-34-60(86-2)35-29-55/h3-4,6-9,12,14-19,24-35,46H,5,10-11,13,20-21,36-45,47-50H2,1-2H3,(H,69,77)(H,70,79)(H,71,78)(H,72,80)(H,73,83)(H,74,84). The summed E-state index contributed by atoms with van der Waals surface area (Å²) in [4.78, 5) is 108. The van der Waals surface area contributed by atoms with E-state index in [0.29, 0.717) is 99.9 Å². The van der Waals surface area contributed by atoms with Crippen LogP contribution >= 0.6 is 0 Å². The molecular weight excluding hydrogens is 1090 g/mol. The van der Waals surface area contributed by atoms with Gasteiger partial charge in [-0.2, -0.15) is 0 Å². The molecule has 0 heterocycles. The van der Waals surface area contributed by atoms with Gasteiger partial charge in [-0.1, -0.05) is 109 Å². The summed E-state index contributed by atoms with van der Waals surface area (Å²) in [7, 11) is 3.19. The molecule has 450 valence electrons. The lowest BCUT2D eigenvalue weighted by Crippen LogP contribution is -2.46. The molecule has 6 N–H and O–H groups in total. The van der Waals surface area contributed by atoms with Crippen LogP contribution in [0, 0.1) is 11.8 Å². The highest BCUT2D eigenvalue weighted by Crippen LogP contribution is 2.14. The molecule has 0 unspecified atom stereocenters. The molecule has 0 bridgehead atoms. The maximum absolute atomic E-state index is 13.5. The highest BCUT2D eigenvalue weighted by atomic mass is 16.5. The third-order valence-corrected chi connectivity index (χ3v) is 13.8. The van der Waals surface area contributed by atoms with Crippen molar-refractivity contribution in [3.63, 3.8) is 0 Å². The van der Waals surface area contributed by atoms with Crippen LogP contribution in [0.5, 0.6) is 11.5 Å². The number of unbranched alkanes of at least 4 members (excludes halogenated alkanes) is 2. The molecule has 0 saturated heterocycles. The Kier molecular flexibility index (Phi) is 27.9. The molecule has 0 fully saturated rings. The summed E-state index contributed by atoms with van der Waals surface area (Å²) < 4.78 is 10.4. The number of amides is 8. The summed E-state index contributed by atoms with van der Waals surface area (Å²) in [6.45, 7) is 0.905. The summed E-state index contributed by atoms with van der Waals surface area (Å²) in [6.07, 6.45) is 4.52. The minimum absolute atomic E-state index is 0.00865. The van der Waals surface area contributed by atoms with Gasteiger partial charge in [-0.15, -0.1) is 0 Å². The van der Waals surface area contributed by atoms with Gasteiger partial charge in [-0.3, -0.25) is 38.4 Å². The SMILES string of the molecule is COc1ccc(CCNC(=O)CN(CC(=O)NCCc2ccccc2)C(=O)CCCCCNC(=O)c2ccc(C#Cc3cccc(C(=O)NCCCC(=O)N(CC(=O)NCCc4ccccc4)CC(=O)NCCc4ccc(OC)cc4)c3)cc2)cc1. The van der Waals surface area contributed by atoms with Crippen LogP contribution in [0.4, 0.5) is 0 Å². The van der Waals surface area contributed by atoms with Crippen molar-refractivity contribution in [1.82, 2.24) is 41.7 Å². The van der Waals surface area contributed by atoms with E-state index in [1.807, 2.05) is 109 Å². The van der Waals surface area contributed by atoms with E-state index >= 15 is 0 Å². The number of nitrogens with zero attached hydrogens (tertiary/aromatic N) is 2. The van der Waals surface area contributed by atoms with E-state index in [1.165, 1.54) is 9.80 Å². The van der Waals surface area contributed by atoms with Crippen molar-refractivity contribution >= 4 is 47.3 Å². The zero-order valence-electron chi connectivity index (χ0n) is 49.1. The van der Waals surface area contributed by atoms with Crippen molar-refractivity contribution in [1.29, 1.82) is 0 Å². The van der Waals surface area contributed by atoms with Gasteiger partial charge in [0, 0.05) is 74.4 Å². The van der Waals surface area contributed by atoms with Crippen LogP contribution in [0.3, 0.4) is 0 Å². The van der Waals surface area contributed by atoms with E-state index in [9.17, 15) is 38.4 Å². The van der Waals surface area contributed by atoms with Crippen LogP contribution < -0.4 is 41.4 Å². The highest BCUT2D eigenvalue weighted by molar-refractivity contribution is 5.95. The van der Waals surface area contributed by atoms with Gasteiger partial charge in [0.05, 0.1) is 14.2 Å². The second-order valence-electron chi connectivity index (χ2n) is 20.4. The monoisotopic (exact) mass is 1170 g/mol. The topological polar surface area (TPSA) is 234 Å². The Morgan fingerprint density at radius 1 is 0.360 bits per heavy atom. The molecule has 6 aromatic rings. The van der Waals surface area contributed by atoms with E-state index in [0.717, 1.165) is 33.8 Å². The quantitative estimate of drug-likeness (QED) is 0.0204. The van der Waals surface area contributed by atoms with Gasteiger partial charge in [-0.25, -0.2) is 0 Å². The molecule has 8 amide bonds. The number of hydrogen-bond acceptors (Lipinski definition) is 10. The molecular formula is C68H78N8O10. The smallest absolute Gasteiger partial charge is 0.251 e. The third-order valence-electron chi connectivity index (χ3n) is 13.8. The first-order chi connectivity index (χ1) is 41.8. The van der Waals surface area contributed by atoms with Crippen molar-refractivity contribution in [2.45, 2.75) is 64.2 Å². The second-order valence-corrected chi connectivity index (χ2v) is 20.4. The lowest BCUT2D eigenvalue weighted by atomic mass is 10.1.